The molecule has 0 saturated heterocycles. The Morgan fingerprint density at radius 2 is 1.80 bits per heavy atom. The van der Waals surface area contributed by atoms with Gasteiger partial charge in [0.15, 0.2) is 0 Å². The molecule has 140 valence electrons. The van der Waals surface area contributed by atoms with Gasteiger partial charge < -0.3 is 10.0 Å². The molecule has 0 spiro atoms. The summed E-state index contributed by atoms with van der Waals surface area (Å²) in [5, 5.41) is 9.12. The maximum atomic E-state index is 12.8. The molecule has 0 aliphatic heterocycles. The number of hydrogen-bond donors (Lipinski definition) is 2. The van der Waals surface area contributed by atoms with Gasteiger partial charge in [-0.3, -0.25) is 0 Å². The Labute approximate surface area is 150 Å². The Balaban J connectivity index is 2.26. The zero-order valence-electron chi connectivity index (χ0n) is 15.2. The summed E-state index contributed by atoms with van der Waals surface area (Å²) in [6, 6.07) is 4.18. The third kappa shape index (κ3) is 4.59. The molecule has 1 aromatic rings. The second-order valence-electron chi connectivity index (χ2n) is 7.14. The molecule has 0 unspecified atom stereocenters. The van der Waals surface area contributed by atoms with Gasteiger partial charge in [0.2, 0.25) is 10.0 Å². The number of hydrogen-bond acceptors (Lipinski definition) is 4. The smallest absolute Gasteiger partial charge is 0.335 e. The summed E-state index contributed by atoms with van der Waals surface area (Å²) in [5.74, 6) is -1.13. The Hall–Kier alpha value is -1.44. The van der Waals surface area contributed by atoms with E-state index in [1.165, 1.54) is 31.0 Å². The number of carboxylic acid groups (broad SMARTS) is 1. The average molecular weight is 368 g/mol. The molecule has 0 aromatic heterocycles. The summed E-state index contributed by atoms with van der Waals surface area (Å²) in [5.41, 5.74) is 0.321. The van der Waals surface area contributed by atoms with Gasteiger partial charge in [-0.15, -0.1) is 0 Å². The SMILES string of the molecule is Cc1ccc(C(=O)O)cc1S(=O)(=O)NCC1(N(C)C)CCCCCC1. The molecule has 1 saturated carbocycles. The summed E-state index contributed by atoms with van der Waals surface area (Å²) in [6.45, 7) is 2.01. The van der Waals surface area contributed by atoms with Crippen LogP contribution in [0.2, 0.25) is 0 Å². The van der Waals surface area contributed by atoms with E-state index in [4.69, 9.17) is 5.11 Å². The molecule has 0 atom stereocenters. The second kappa shape index (κ2) is 7.85. The molecule has 25 heavy (non-hydrogen) atoms. The first kappa shape index (κ1) is 19.9. The van der Waals surface area contributed by atoms with Crippen LogP contribution < -0.4 is 4.72 Å². The molecule has 0 amide bonds. The lowest BCUT2D eigenvalue weighted by atomic mass is 9.89. The highest BCUT2D eigenvalue weighted by molar-refractivity contribution is 7.89. The van der Waals surface area contributed by atoms with E-state index in [0.717, 1.165) is 25.7 Å². The lowest BCUT2D eigenvalue weighted by Gasteiger charge is -2.39. The molecule has 0 bridgehead atoms. The predicted octanol–water partition coefficient (Wildman–Crippen LogP) is 2.63. The van der Waals surface area contributed by atoms with E-state index in [-0.39, 0.29) is 16.0 Å². The second-order valence-corrected chi connectivity index (χ2v) is 8.88. The van der Waals surface area contributed by atoms with Crippen LogP contribution in [0.15, 0.2) is 23.1 Å². The average Bonchev–Trinajstić information content (AvgIpc) is 2.79. The number of carboxylic acids is 1. The van der Waals surface area contributed by atoms with Gasteiger partial charge in [0, 0.05) is 12.1 Å². The molecule has 1 fully saturated rings. The van der Waals surface area contributed by atoms with Crippen molar-refractivity contribution in [3.05, 3.63) is 29.3 Å². The van der Waals surface area contributed by atoms with Crippen molar-refractivity contribution in [2.24, 2.45) is 0 Å². The summed E-state index contributed by atoms with van der Waals surface area (Å²) in [4.78, 5) is 13.3. The molecule has 2 N–H and O–H groups in total. The maximum absolute atomic E-state index is 12.8. The predicted molar refractivity (Wildman–Crippen MR) is 97.4 cm³/mol. The Kier molecular flexibility index (Phi) is 6.24. The highest BCUT2D eigenvalue weighted by Crippen LogP contribution is 2.31. The van der Waals surface area contributed by atoms with Crippen molar-refractivity contribution < 1.29 is 18.3 Å². The third-order valence-corrected chi connectivity index (χ3v) is 6.84. The topological polar surface area (TPSA) is 86.7 Å². The van der Waals surface area contributed by atoms with Crippen molar-refractivity contribution >= 4 is 16.0 Å². The summed E-state index contributed by atoms with van der Waals surface area (Å²) < 4.78 is 28.3. The standard InChI is InChI=1S/C18H28N2O4S/c1-14-8-9-15(17(21)22)12-16(14)25(23,24)19-13-18(20(2)3)10-6-4-5-7-11-18/h8-9,12,19H,4-7,10-11,13H2,1-3H3,(H,21,22). The van der Waals surface area contributed by atoms with Gasteiger partial charge in [0.05, 0.1) is 10.5 Å². The van der Waals surface area contributed by atoms with Gasteiger partial charge in [-0.25, -0.2) is 17.9 Å². The number of sulfonamides is 1. The maximum Gasteiger partial charge on any atom is 0.335 e. The summed E-state index contributed by atoms with van der Waals surface area (Å²) in [7, 11) is 0.222. The first-order valence-electron chi connectivity index (χ1n) is 8.69. The van der Waals surface area contributed by atoms with Crippen LogP contribution in [0, 0.1) is 6.92 Å². The number of aromatic carboxylic acids is 1. The first-order chi connectivity index (χ1) is 11.7. The zero-order valence-corrected chi connectivity index (χ0v) is 16.0. The number of likely N-dealkylation sites (N-methyl/N-ethyl adjacent to an activating group) is 1. The number of rotatable bonds is 6. The van der Waals surface area contributed by atoms with Gasteiger partial charge in [0.25, 0.3) is 0 Å². The first-order valence-corrected chi connectivity index (χ1v) is 10.2. The molecule has 0 heterocycles. The fraction of sp³-hybridized carbons (Fsp3) is 0.611. The fourth-order valence-corrected chi connectivity index (χ4v) is 4.89. The number of carbonyl (C=O) groups is 1. The molecular weight excluding hydrogens is 340 g/mol. The minimum Gasteiger partial charge on any atom is -0.478 e. The van der Waals surface area contributed by atoms with Crippen molar-refractivity contribution in [3.63, 3.8) is 0 Å². The minimum atomic E-state index is -3.77. The molecule has 0 radical (unpaired) electrons. The van der Waals surface area contributed by atoms with Crippen LogP contribution in [-0.2, 0) is 10.0 Å². The van der Waals surface area contributed by atoms with E-state index >= 15 is 0 Å². The number of aryl methyl sites for hydroxylation is 1. The van der Waals surface area contributed by atoms with Gasteiger partial charge in [-0.05, 0) is 51.6 Å². The quantitative estimate of drug-likeness (QED) is 0.754. The number of benzene rings is 1. The largest absolute Gasteiger partial charge is 0.478 e. The molecule has 2 rings (SSSR count). The van der Waals surface area contributed by atoms with Crippen LogP contribution in [-0.4, -0.2) is 50.6 Å². The fourth-order valence-electron chi connectivity index (χ4n) is 3.50. The third-order valence-electron chi connectivity index (χ3n) is 5.30. The Morgan fingerprint density at radius 1 is 1.20 bits per heavy atom. The molecule has 1 aliphatic rings. The van der Waals surface area contributed by atoms with Crippen LogP contribution in [0.5, 0.6) is 0 Å². The van der Waals surface area contributed by atoms with Crippen molar-refractivity contribution in [2.45, 2.75) is 55.9 Å². The van der Waals surface area contributed by atoms with Gasteiger partial charge in [0.1, 0.15) is 0 Å². The van der Waals surface area contributed by atoms with Crippen LogP contribution >= 0.6 is 0 Å². The van der Waals surface area contributed by atoms with Crippen LogP contribution in [0.3, 0.4) is 0 Å². The summed E-state index contributed by atoms with van der Waals surface area (Å²) >= 11 is 0. The molecule has 7 heteroatoms. The van der Waals surface area contributed by atoms with E-state index in [2.05, 4.69) is 9.62 Å². The van der Waals surface area contributed by atoms with Crippen molar-refractivity contribution in [1.29, 1.82) is 0 Å². The van der Waals surface area contributed by atoms with Crippen LogP contribution in [0.4, 0.5) is 0 Å². The normalized spacial score (nSPS) is 18.1. The van der Waals surface area contributed by atoms with Crippen LogP contribution in [0.25, 0.3) is 0 Å². The monoisotopic (exact) mass is 368 g/mol. The van der Waals surface area contributed by atoms with Gasteiger partial charge >= 0.3 is 5.97 Å². The van der Waals surface area contributed by atoms with Gasteiger partial charge in [-0.1, -0.05) is 31.7 Å². The molecule has 1 aliphatic carbocycles. The van der Waals surface area contributed by atoms with Crippen molar-refractivity contribution in [1.82, 2.24) is 9.62 Å². The highest BCUT2D eigenvalue weighted by Gasteiger charge is 2.34. The molecule has 6 nitrogen and oxygen atoms in total. The van der Waals surface area contributed by atoms with E-state index in [1.807, 2.05) is 14.1 Å². The molecule has 1 aromatic carbocycles. The van der Waals surface area contributed by atoms with E-state index < -0.39 is 16.0 Å². The van der Waals surface area contributed by atoms with E-state index in [1.54, 1.807) is 6.92 Å². The molecular formula is C18H28N2O4S. The van der Waals surface area contributed by atoms with Crippen molar-refractivity contribution in [3.8, 4) is 0 Å². The van der Waals surface area contributed by atoms with Crippen molar-refractivity contribution in [2.75, 3.05) is 20.6 Å². The van der Waals surface area contributed by atoms with E-state index in [0.29, 0.717) is 12.1 Å². The lowest BCUT2D eigenvalue weighted by Crippen LogP contribution is -2.52. The Bertz CT molecular complexity index is 721. The lowest BCUT2D eigenvalue weighted by molar-refractivity contribution is 0.0696. The van der Waals surface area contributed by atoms with E-state index in [9.17, 15) is 13.2 Å². The number of nitrogens with zero attached hydrogens (tertiary/aromatic N) is 1. The summed E-state index contributed by atoms with van der Waals surface area (Å²) in [6.07, 6.45) is 6.46. The minimum absolute atomic E-state index is 0.0252. The zero-order chi connectivity index (χ0) is 18.7. The van der Waals surface area contributed by atoms with Crippen LogP contribution in [0.1, 0.15) is 54.4 Å². The number of nitrogens with one attached hydrogen (secondary N) is 1. The highest BCUT2D eigenvalue weighted by atomic mass is 32.2. The van der Waals surface area contributed by atoms with Gasteiger partial charge in [-0.2, -0.15) is 0 Å². The Morgan fingerprint density at radius 3 is 2.32 bits per heavy atom.